The van der Waals surface area contributed by atoms with Crippen LogP contribution in [0.5, 0.6) is 0 Å². The molecule has 0 bridgehead atoms. The Kier molecular flexibility index (Phi) is 3.88. The zero-order chi connectivity index (χ0) is 13.3. The van der Waals surface area contributed by atoms with E-state index in [1.165, 1.54) is 5.56 Å². The number of hydrogen-bond acceptors (Lipinski definition) is 1. The highest BCUT2D eigenvalue weighted by atomic mass is 79.9. The Labute approximate surface area is 117 Å². The molecule has 0 spiro atoms. The lowest BCUT2D eigenvalue weighted by molar-refractivity contribution is 0.219. The van der Waals surface area contributed by atoms with E-state index in [0.717, 1.165) is 26.7 Å². The Balaban J connectivity index is 2.44. The Morgan fingerprint density at radius 3 is 2.33 bits per heavy atom. The molecular weight excluding hydrogens is 288 g/mol. The van der Waals surface area contributed by atoms with Gasteiger partial charge in [0.05, 0.1) is 0 Å². The van der Waals surface area contributed by atoms with Gasteiger partial charge in [-0.1, -0.05) is 51.8 Å². The molecule has 18 heavy (non-hydrogen) atoms. The van der Waals surface area contributed by atoms with E-state index in [-0.39, 0.29) is 0 Å². The summed E-state index contributed by atoms with van der Waals surface area (Å²) >= 11 is 3.48. The third-order valence-electron chi connectivity index (χ3n) is 3.23. The van der Waals surface area contributed by atoms with Crippen LogP contribution >= 0.6 is 15.9 Å². The molecule has 0 aliphatic heterocycles. The summed E-state index contributed by atoms with van der Waals surface area (Å²) in [7, 11) is 0. The highest BCUT2D eigenvalue weighted by Gasteiger charge is 2.13. The van der Waals surface area contributed by atoms with Gasteiger partial charge in [0.15, 0.2) is 0 Å². The van der Waals surface area contributed by atoms with Gasteiger partial charge in [-0.05, 0) is 49.1 Å². The molecule has 0 radical (unpaired) electrons. The molecular formula is C16H17BrO. The number of aliphatic hydroxyl groups excluding tert-OH is 1. The summed E-state index contributed by atoms with van der Waals surface area (Å²) in [5.41, 5.74) is 5.34. The normalized spacial score (nSPS) is 12.5. The van der Waals surface area contributed by atoms with Crippen LogP contribution < -0.4 is 0 Å². The van der Waals surface area contributed by atoms with Gasteiger partial charge in [-0.15, -0.1) is 0 Å². The quantitative estimate of drug-likeness (QED) is 0.868. The number of halogens is 1. The summed E-state index contributed by atoms with van der Waals surface area (Å²) in [6.45, 7) is 6.11. The van der Waals surface area contributed by atoms with Gasteiger partial charge in [-0.3, -0.25) is 0 Å². The molecule has 1 nitrogen and oxygen atoms in total. The van der Waals surface area contributed by atoms with Crippen molar-refractivity contribution in [3.05, 3.63) is 68.7 Å². The summed E-state index contributed by atoms with van der Waals surface area (Å²) in [6.07, 6.45) is -0.559. The van der Waals surface area contributed by atoms with Crippen molar-refractivity contribution >= 4 is 15.9 Å². The van der Waals surface area contributed by atoms with Crippen molar-refractivity contribution in [3.63, 3.8) is 0 Å². The minimum absolute atomic E-state index is 0.559. The van der Waals surface area contributed by atoms with Crippen LogP contribution in [0, 0.1) is 20.8 Å². The summed E-state index contributed by atoms with van der Waals surface area (Å²) in [6, 6.07) is 12.1. The van der Waals surface area contributed by atoms with Crippen LogP contribution in [0.2, 0.25) is 0 Å². The molecule has 94 valence electrons. The smallest absolute Gasteiger partial charge is 0.104 e. The number of aliphatic hydroxyl groups is 1. The molecule has 0 aliphatic rings. The first kappa shape index (κ1) is 13.3. The fourth-order valence-electron chi connectivity index (χ4n) is 2.07. The second kappa shape index (κ2) is 5.25. The Morgan fingerprint density at radius 2 is 1.67 bits per heavy atom. The van der Waals surface area contributed by atoms with Crippen molar-refractivity contribution in [1.29, 1.82) is 0 Å². The Hall–Kier alpha value is -1.12. The Morgan fingerprint density at radius 1 is 0.944 bits per heavy atom. The van der Waals surface area contributed by atoms with Crippen LogP contribution in [0.15, 0.2) is 40.9 Å². The monoisotopic (exact) mass is 304 g/mol. The van der Waals surface area contributed by atoms with E-state index in [2.05, 4.69) is 34.1 Å². The summed E-state index contributed by atoms with van der Waals surface area (Å²) < 4.78 is 1.07. The third-order valence-corrected chi connectivity index (χ3v) is 4.12. The van der Waals surface area contributed by atoms with Gasteiger partial charge in [0.25, 0.3) is 0 Å². The maximum atomic E-state index is 10.5. The van der Waals surface area contributed by atoms with E-state index in [1.54, 1.807) is 0 Å². The van der Waals surface area contributed by atoms with Gasteiger partial charge >= 0.3 is 0 Å². The van der Waals surface area contributed by atoms with E-state index in [9.17, 15) is 5.11 Å². The van der Waals surface area contributed by atoms with Gasteiger partial charge in [0.2, 0.25) is 0 Å². The van der Waals surface area contributed by atoms with Crippen molar-refractivity contribution in [2.24, 2.45) is 0 Å². The molecule has 1 atom stereocenters. The number of hydrogen-bond donors (Lipinski definition) is 1. The molecule has 1 N–H and O–H groups in total. The maximum absolute atomic E-state index is 10.5. The molecule has 0 aromatic heterocycles. The van der Waals surface area contributed by atoms with Gasteiger partial charge in [0, 0.05) is 4.47 Å². The molecule has 0 fully saturated rings. The Bertz CT molecular complexity index is 575. The molecule has 0 amide bonds. The highest BCUT2D eigenvalue weighted by molar-refractivity contribution is 9.10. The van der Waals surface area contributed by atoms with Gasteiger partial charge < -0.3 is 5.11 Å². The SMILES string of the molecule is Cc1ccc(C)c(C(O)c2ccc(Br)c(C)c2)c1. The van der Waals surface area contributed by atoms with Crippen molar-refractivity contribution in [2.75, 3.05) is 0 Å². The van der Waals surface area contributed by atoms with Crippen molar-refractivity contribution < 1.29 is 5.11 Å². The number of rotatable bonds is 2. The average molecular weight is 305 g/mol. The predicted octanol–water partition coefficient (Wildman–Crippen LogP) is 4.46. The first-order valence-electron chi connectivity index (χ1n) is 6.00. The van der Waals surface area contributed by atoms with Crippen LogP contribution in [0.4, 0.5) is 0 Å². The van der Waals surface area contributed by atoms with Crippen LogP contribution in [0.3, 0.4) is 0 Å². The zero-order valence-electron chi connectivity index (χ0n) is 10.9. The van der Waals surface area contributed by atoms with Crippen molar-refractivity contribution in [1.82, 2.24) is 0 Å². The number of benzene rings is 2. The lowest BCUT2D eigenvalue weighted by atomic mass is 9.95. The zero-order valence-corrected chi connectivity index (χ0v) is 12.5. The lowest BCUT2D eigenvalue weighted by Crippen LogP contribution is -2.03. The van der Waals surface area contributed by atoms with E-state index in [0.29, 0.717) is 0 Å². The second-order valence-electron chi connectivity index (χ2n) is 4.77. The van der Waals surface area contributed by atoms with E-state index in [4.69, 9.17) is 0 Å². The molecule has 0 saturated carbocycles. The minimum Gasteiger partial charge on any atom is -0.384 e. The average Bonchev–Trinajstić information content (AvgIpc) is 2.35. The molecule has 0 aliphatic carbocycles. The van der Waals surface area contributed by atoms with Crippen LogP contribution in [0.1, 0.15) is 33.9 Å². The molecule has 2 aromatic rings. The minimum atomic E-state index is -0.559. The molecule has 2 heteroatoms. The van der Waals surface area contributed by atoms with Crippen LogP contribution in [0.25, 0.3) is 0 Å². The standard InChI is InChI=1S/C16H17BrO/c1-10-4-5-11(2)14(8-10)16(18)13-6-7-15(17)12(3)9-13/h4-9,16,18H,1-3H3. The van der Waals surface area contributed by atoms with Crippen LogP contribution in [-0.2, 0) is 0 Å². The van der Waals surface area contributed by atoms with Crippen LogP contribution in [-0.4, -0.2) is 5.11 Å². The second-order valence-corrected chi connectivity index (χ2v) is 5.63. The maximum Gasteiger partial charge on any atom is 0.104 e. The summed E-state index contributed by atoms with van der Waals surface area (Å²) in [5, 5.41) is 10.5. The lowest BCUT2D eigenvalue weighted by Gasteiger charge is -2.16. The molecule has 0 heterocycles. The topological polar surface area (TPSA) is 20.2 Å². The van der Waals surface area contributed by atoms with Gasteiger partial charge in [0.1, 0.15) is 6.10 Å². The molecule has 2 rings (SSSR count). The molecule has 2 aromatic carbocycles. The van der Waals surface area contributed by atoms with E-state index >= 15 is 0 Å². The predicted molar refractivity (Wildman–Crippen MR) is 78.9 cm³/mol. The number of aryl methyl sites for hydroxylation is 3. The fourth-order valence-corrected chi connectivity index (χ4v) is 2.32. The molecule has 1 unspecified atom stereocenters. The molecule has 0 saturated heterocycles. The fraction of sp³-hybridized carbons (Fsp3) is 0.250. The third kappa shape index (κ3) is 2.65. The van der Waals surface area contributed by atoms with Crippen molar-refractivity contribution in [2.45, 2.75) is 26.9 Å². The first-order chi connectivity index (χ1) is 8.49. The summed E-state index contributed by atoms with van der Waals surface area (Å²) in [5.74, 6) is 0. The van der Waals surface area contributed by atoms with Gasteiger partial charge in [-0.25, -0.2) is 0 Å². The first-order valence-corrected chi connectivity index (χ1v) is 6.79. The van der Waals surface area contributed by atoms with Crippen molar-refractivity contribution in [3.8, 4) is 0 Å². The van der Waals surface area contributed by atoms with E-state index in [1.807, 2.05) is 39.0 Å². The largest absolute Gasteiger partial charge is 0.384 e. The summed E-state index contributed by atoms with van der Waals surface area (Å²) in [4.78, 5) is 0. The van der Waals surface area contributed by atoms with Gasteiger partial charge in [-0.2, -0.15) is 0 Å². The highest BCUT2D eigenvalue weighted by Crippen LogP contribution is 2.28. The van der Waals surface area contributed by atoms with E-state index < -0.39 is 6.10 Å².